The van der Waals surface area contributed by atoms with Crippen molar-refractivity contribution in [2.24, 2.45) is 0 Å². The monoisotopic (exact) mass is 403 g/mol. The van der Waals surface area contributed by atoms with Crippen molar-refractivity contribution in [2.45, 2.75) is 6.54 Å². The van der Waals surface area contributed by atoms with Crippen LogP contribution in [0.5, 0.6) is 5.75 Å². The lowest BCUT2D eigenvalue weighted by Gasteiger charge is -2.11. The van der Waals surface area contributed by atoms with Gasteiger partial charge >= 0.3 is 5.69 Å². The Bertz CT molecular complexity index is 1000. The van der Waals surface area contributed by atoms with Crippen LogP contribution in [0, 0.1) is 15.9 Å². The fraction of sp³-hybridized carbons (Fsp3) is 0.111. The Balaban J connectivity index is 1.84. The van der Waals surface area contributed by atoms with Crippen molar-refractivity contribution in [1.29, 1.82) is 0 Å². The van der Waals surface area contributed by atoms with Gasteiger partial charge in [0.1, 0.15) is 17.9 Å². The van der Waals surface area contributed by atoms with E-state index >= 15 is 0 Å². The van der Waals surface area contributed by atoms with E-state index in [4.69, 9.17) is 16.3 Å². The topological polar surface area (TPSA) is 102 Å². The van der Waals surface area contributed by atoms with E-state index in [1.165, 1.54) is 18.5 Å². The van der Waals surface area contributed by atoms with Crippen molar-refractivity contribution in [2.75, 3.05) is 17.7 Å². The summed E-state index contributed by atoms with van der Waals surface area (Å²) in [6.45, 7) is 0.309. The molecule has 0 aliphatic carbocycles. The van der Waals surface area contributed by atoms with Gasteiger partial charge in [-0.3, -0.25) is 10.1 Å². The zero-order valence-corrected chi connectivity index (χ0v) is 15.4. The van der Waals surface area contributed by atoms with Gasteiger partial charge in [0.15, 0.2) is 0 Å². The highest BCUT2D eigenvalue weighted by Gasteiger charge is 2.23. The number of halogens is 2. The van der Waals surface area contributed by atoms with E-state index in [1.54, 1.807) is 19.2 Å². The molecule has 3 rings (SSSR count). The largest absolute Gasteiger partial charge is 0.497 e. The standard InChI is InChI=1S/C18H15ClFN5O3/c1-28-13-5-2-11(3-6-13)9-21-17-16(25(26)27)18(23-10-22-17)24-12-4-7-15(20)14(19)8-12/h2-8,10H,9H2,1H3,(H2,21,22,23,24). The number of nitrogens with zero attached hydrogens (tertiary/aromatic N) is 3. The van der Waals surface area contributed by atoms with Gasteiger partial charge in [0.25, 0.3) is 0 Å². The van der Waals surface area contributed by atoms with Crippen LogP contribution in [0.15, 0.2) is 48.8 Å². The third-order valence-electron chi connectivity index (χ3n) is 3.81. The number of aromatic nitrogens is 2. The van der Waals surface area contributed by atoms with Crippen molar-refractivity contribution in [1.82, 2.24) is 9.97 Å². The Morgan fingerprint density at radius 1 is 1.18 bits per heavy atom. The Labute approximate surface area is 164 Å². The fourth-order valence-electron chi connectivity index (χ4n) is 2.41. The SMILES string of the molecule is COc1ccc(CNc2ncnc(Nc3ccc(F)c(Cl)c3)c2[N+](=O)[O-])cc1. The molecular formula is C18H15ClFN5O3. The zero-order valence-electron chi connectivity index (χ0n) is 14.6. The van der Waals surface area contributed by atoms with E-state index in [1.807, 2.05) is 12.1 Å². The molecule has 0 unspecified atom stereocenters. The number of nitro groups is 1. The molecule has 0 radical (unpaired) electrons. The summed E-state index contributed by atoms with van der Waals surface area (Å²) in [4.78, 5) is 18.9. The van der Waals surface area contributed by atoms with E-state index in [2.05, 4.69) is 20.6 Å². The first-order valence-corrected chi connectivity index (χ1v) is 8.44. The Hall–Kier alpha value is -3.46. The summed E-state index contributed by atoms with van der Waals surface area (Å²) < 4.78 is 18.4. The summed E-state index contributed by atoms with van der Waals surface area (Å²) in [5.41, 5.74) is 0.902. The molecule has 0 aliphatic rings. The number of hydrogen-bond donors (Lipinski definition) is 2. The summed E-state index contributed by atoms with van der Waals surface area (Å²) in [5, 5.41) is 17.2. The maximum absolute atomic E-state index is 13.3. The molecule has 2 N–H and O–H groups in total. The quantitative estimate of drug-likeness (QED) is 0.441. The molecule has 0 fully saturated rings. The Morgan fingerprint density at radius 3 is 2.54 bits per heavy atom. The van der Waals surface area contributed by atoms with Crippen LogP contribution in [0.4, 0.5) is 27.4 Å². The minimum absolute atomic E-state index is 0.0418. The summed E-state index contributed by atoms with van der Waals surface area (Å²) in [5.74, 6) is 0.124. The number of methoxy groups -OCH3 is 1. The van der Waals surface area contributed by atoms with Crippen molar-refractivity contribution < 1.29 is 14.1 Å². The van der Waals surface area contributed by atoms with Crippen LogP contribution in [0.25, 0.3) is 0 Å². The number of rotatable bonds is 7. The third-order valence-corrected chi connectivity index (χ3v) is 4.10. The maximum atomic E-state index is 13.3. The summed E-state index contributed by atoms with van der Waals surface area (Å²) in [6.07, 6.45) is 1.19. The zero-order chi connectivity index (χ0) is 20.1. The van der Waals surface area contributed by atoms with Crippen LogP contribution in [-0.4, -0.2) is 22.0 Å². The minimum Gasteiger partial charge on any atom is -0.497 e. The molecule has 0 atom stereocenters. The van der Waals surface area contributed by atoms with Gasteiger partial charge in [-0.2, -0.15) is 0 Å². The van der Waals surface area contributed by atoms with E-state index < -0.39 is 10.7 Å². The molecule has 0 saturated heterocycles. The summed E-state index contributed by atoms with van der Waals surface area (Å²) in [6, 6.07) is 11.1. The van der Waals surface area contributed by atoms with E-state index in [0.29, 0.717) is 18.0 Å². The van der Waals surface area contributed by atoms with Crippen LogP contribution in [0.3, 0.4) is 0 Å². The molecule has 3 aromatic rings. The van der Waals surface area contributed by atoms with Crippen molar-refractivity contribution in [3.8, 4) is 5.75 Å². The fourth-order valence-corrected chi connectivity index (χ4v) is 2.59. The lowest BCUT2D eigenvalue weighted by Crippen LogP contribution is -2.08. The van der Waals surface area contributed by atoms with Crippen molar-refractivity contribution in [3.63, 3.8) is 0 Å². The number of hydrogen-bond acceptors (Lipinski definition) is 7. The average molecular weight is 404 g/mol. The predicted octanol–water partition coefficient (Wildman–Crippen LogP) is 4.54. The molecule has 1 heterocycles. The molecule has 0 spiro atoms. The molecule has 1 aromatic heterocycles. The van der Waals surface area contributed by atoms with E-state index in [9.17, 15) is 14.5 Å². The predicted molar refractivity (Wildman–Crippen MR) is 104 cm³/mol. The minimum atomic E-state index is -0.593. The molecule has 0 aliphatic heterocycles. The summed E-state index contributed by atoms with van der Waals surface area (Å²) in [7, 11) is 1.57. The third kappa shape index (κ3) is 4.44. The van der Waals surface area contributed by atoms with Crippen LogP contribution in [-0.2, 0) is 6.54 Å². The van der Waals surface area contributed by atoms with Crippen LogP contribution < -0.4 is 15.4 Å². The smallest absolute Gasteiger partial charge is 0.353 e. The van der Waals surface area contributed by atoms with Gasteiger partial charge in [-0.15, -0.1) is 0 Å². The number of ether oxygens (including phenoxy) is 1. The lowest BCUT2D eigenvalue weighted by atomic mass is 10.2. The first kappa shape index (κ1) is 19.3. The molecular weight excluding hydrogens is 389 g/mol. The highest BCUT2D eigenvalue weighted by Crippen LogP contribution is 2.32. The maximum Gasteiger partial charge on any atom is 0.353 e. The van der Waals surface area contributed by atoms with Crippen molar-refractivity contribution in [3.05, 3.63) is 75.3 Å². The number of nitrogens with one attached hydrogen (secondary N) is 2. The molecule has 0 bridgehead atoms. The van der Waals surface area contributed by atoms with Crippen molar-refractivity contribution >= 4 is 34.6 Å². The molecule has 0 saturated carbocycles. The molecule has 144 valence electrons. The molecule has 8 nitrogen and oxygen atoms in total. The average Bonchev–Trinajstić information content (AvgIpc) is 2.69. The highest BCUT2D eigenvalue weighted by molar-refractivity contribution is 6.31. The normalized spacial score (nSPS) is 10.4. The van der Waals surface area contributed by atoms with Gasteiger partial charge in [-0.1, -0.05) is 23.7 Å². The second kappa shape index (κ2) is 8.49. The second-order valence-electron chi connectivity index (χ2n) is 5.63. The second-order valence-corrected chi connectivity index (χ2v) is 6.04. The molecule has 0 amide bonds. The highest BCUT2D eigenvalue weighted by atomic mass is 35.5. The number of anilines is 3. The van der Waals surface area contributed by atoms with Crippen LogP contribution in [0.1, 0.15) is 5.56 Å². The van der Waals surface area contributed by atoms with Crippen LogP contribution in [0.2, 0.25) is 5.02 Å². The first-order chi connectivity index (χ1) is 13.5. The van der Waals surface area contributed by atoms with Gasteiger partial charge in [0, 0.05) is 12.2 Å². The summed E-state index contributed by atoms with van der Waals surface area (Å²) >= 11 is 5.75. The van der Waals surface area contributed by atoms with Gasteiger partial charge < -0.3 is 15.4 Å². The Kier molecular flexibility index (Phi) is 5.85. The van der Waals surface area contributed by atoms with Gasteiger partial charge in [0.2, 0.25) is 11.6 Å². The van der Waals surface area contributed by atoms with E-state index in [-0.39, 0.29) is 22.3 Å². The molecule has 2 aromatic carbocycles. The molecule has 28 heavy (non-hydrogen) atoms. The first-order valence-electron chi connectivity index (χ1n) is 8.06. The number of benzene rings is 2. The molecule has 10 heteroatoms. The van der Waals surface area contributed by atoms with Gasteiger partial charge in [-0.25, -0.2) is 14.4 Å². The Morgan fingerprint density at radius 2 is 1.89 bits per heavy atom. The van der Waals surface area contributed by atoms with E-state index in [0.717, 1.165) is 11.6 Å². The lowest BCUT2D eigenvalue weighted by molar-refractivity contribution is -0.383. The van der Waals surface area contributed by atoms with Gasteiger partial charge in [-0.05, 0) is 35.9 Å². The van der Waals surface area contributed by atoms with Gasteiger partial charge in [0.05, 0.1) is 17.1 Å². The van der Waals surface area contributed by atoms with Crippen LogP contribution >= 0.6 is 11.6 Å².